The number of pyridine rings is 1. The van der Waals surface area contributed by atoms with Crippen molar-refractivity contribution in [3.63, 3.8) is 0 Å². The van der Waals surface area contributed by atoms with E-state index in [9.17, 15) is 13.6 Å². The van der Waals surface area contributed by atoms with Crippen molar-refractivity contribution in [1.29, 1.82) is 0 Å². The van der Waals surface area contributed by atoms with Crippen LogP contribution in [-0.4, -0.2) is 40.8 Å². The van der Waals surface area contributed by atoms with Gasteiger partial charge in [-0.05, 0) is 12.1 Å². The standard InChI is InChI=1S/C18H14ClF2N5O3/c1-28-9-4-11(20)14(12(21)5-9)10-7-23-16(27)15(10)24-18-26-25-17(29-18)8-2-3-13(19)22-6-8/h2-6,10,15H,7H2,1H3,(H,23,27)(H,24,26). The topological polar surface area (TPSA) is 102 Å². The number of benzene rings is 1. The van der Waals surface area contributed by atoms with Crippen molar-refractivity contribution in [2.75, 3.05) is 19.0 Å². The van der Waals surface area contributed by atoms with Gasteiger partial charge in [0.05, 0.1) is 12.7 Å². The van der Waals surface area contributed by atoms with Gasteiger partial charge >= 0.3 is 6.01 Å². The Morgan fingerprint density at radius 1 is 1.28 bits per heavy atom. The molecule has 3 aromatic rings. The third-order valence-electron chi connectivity index (χ3n) is 4.52. The minimum absolute atomic E-state index is 0.0404. The van der Waals surface area contributed by atoms with Gasteiger partial charge in [-0.1, -0.05) is 16.7 Å². The number of carbonyl (C=O) groups excluding carboxylic acids is 1. The molecular formula is C18H14ClF2N5O3. The molecule has 1 fully saturated rings. The number of amides is 1. The predicted molar refractivity (Wildman–Crippen MR) is 98.6 cm³/mol. The zero-order chi connectivity index (χ0) is 20.5. The highest BCUT2D eigenvalue weighted by Crippen LogP contribution is 2.33. The summed E-state index contributed by atoms with van der Waals surface area (Å²) in [7, 11) is 1.31. The number of nitrogens with one attached hydrogen (secondary N) is 2. The molecule has 0 saturated carbocycles. The summed E-state index contributed by atoms with van der Waals surface area (Å²) in [4.78, 5) is 16.2. The van der Waals surface area contributed by atoms with Crippen molar-refractivity contribution in [1.82, 2.24) is 20.5 Å². The van der Waals surface area contributed by atoms with Gasteiger partial charge in [-0.15, -0.1) is 5.10 Å². The Hall–Kier alpha value is -3.27. The van der Waals surface area contributed by atoms with Gasteiger partial charge in [-0.3, -0.25) is 4.79 Å². The maximum Gasteiger partial charge on any atom is 0.316 e. The van der Waals surface area contributed by atoms with E-state index in [0.717, 1.165) is 12.1 Å². The van der Waals surface area contributed by atoms with E-state index in [4.69, 9.17) is 20.8 Å². The average molecular weight is 422 g/mol. The quantitative estimate of drug-likeness (QED) is 0.611. The van der Waals surface area contributed by atoms with Gasteiger partial charge in [0.25, 0.3) is 5.89 Å². The van der Waals surface area contributed by atoms with E-state index in [1.807, 2.05) is 0 Å². The molecule has 1 aromatic carbocycles. The molecule has 29 heavy (non-hydrogen) atoms. The molecule has 2 aromatic heterocycles. The highest BCUT2D eigenvalue weighted by Gasteiger charge is 2.40. The lowest BCUT2D eigenvalue weighted by molar-refractivity contribution is -0.119. The number of aromatic nitrogens is 3. The Balaban J connectivity index is 1.59. The van der Waals surface area contributed by atoms with Gasteiger partial charge in [-0.2, -0.15) is 0 Å². The smallest absolute Gasteiger partial charge is 0.316 e. The first-order valence-corrected chi connectivity index (χ1v) is 8.86. The van der Waals surface area contributed by atoms with Crippen LogP contribution in [0.4, 0.5) is 14.8 Å². The van der Waals surface area contributed by atoms with Crippen LogP contribution >= 0.6 is 11.6 Å². The normalized spacial score (nSPS) is 18.6. The minimum Gasteiger partial charge on any atom is -0.497 e. The molecule has 1 amide bonds. The fourth-order valence-corrected chi connectivity index (χ4v) is 3.23. The van der Waals surface area contributed by atoms with Crippen LogP contribution in [0.25, 0.3) is 11.5 Å². The Bertz CT molecular complexity index is 1040. The second-order valence-corrected chi connectivity index (χ2v) is 6.65. The number of hydrogen-bond donors (Lipinski definition) is 2. The number of carbonyl (C=O) groups is 1. The van der Waals surface area contributed by atoms with Crippen molar-refractivity contribution in [3.05, 3.63) is 52.8 Å². The van der Waals surface area contributed by atoms with E-state index < -0.39 is 29.5 Å². The van der Waals surface area contributed by atoms with Crippen LogP contribution in [0.3, 0.4) is 0 Å². The molecular weight excluding hydrogens is 408 g/mol. The summed E-state index contributed by atoms with van der Waals surface area (Å²) in [5, 5.41) is 13.4. The fourth-order valence-electron chi connectivity index (χ4n) is 3.12. The second-order valence-electron chi connectivity index (χ2n) is 6.26. The van der Waals surface area contributed by atoms with Crippen molar-refractivity contribution in [3.8, 4) is 17.2 Å². The first kappa shape index (κ1) is 19.1. The highest BCUT2D eigenvalue weighted by atomic mass is 35.5. The number of methoxy groups -OCH3 is 1. The van der Waals surface area contributed by atoms with Crippen LogP contribution in [0, 0.1) is 11.6 Å². The third-order valence-corrected chi connectivity index (χ3v) is 4.74. The van der Waals surface area contributed by atoms with Crippen LogP contribution in [0.2, 0.25) is 5.15 Å². The maximum absolute atomic E-state index is 14.5. The predicted octanol–water partition coefficient (Wildman–Crippen LogP) is 2.77. The molecule has 1 saturated heterocycles. The zero-order valence-corrected chi connectivity index (χ0v) is 15.7. The third kappa shape index (κ3) is 3.70. The average Bonchev–Trinajstić information content (AvgIpc) is 3.30. The number of hydrogen-bond acceptors (Lipinski definition) is 7. The van der Waals surface area contributed by atoms with E-state index in [2.05, 4.69) is 25.8 Å². The lowest BCUT2D eigenvalue weighted by Crippen LogP contribution is -2.33. The van der Waals surface area contributed by atoms with Crippen molar-refractivity contribution >= 4 is 23.5 Å². The Morgan fingerprint density at radius 3 is 2.69 bits per heavy atom. The van der Waals surface area contributed by atoms with Gasteiger partial charge in [0.15, 0.2) is 0 Å². The zero-order valence-electron chi connectivity index (χ0n) is 14.9. The Labute approximate surface area is 168 Å². The SMILES string of the molecule is COc1cc(F)c(C2CNC(=O)C2Nc2nnc(-c3ccc(Cl)nc3)o2)c(F)c1. The molecule has 0 radical (unpaired) electrons. The van der Waals surface area contributed by atoms with Crippen LogP contribution in [0.1, 0.15) is 11.5 Å². The van der Waals surface area contributed by atoms with Crippen LogP contribution in [0.15, 0.2) is 34.9 Å². The summed E-state index contributed by atoms with van der Waals surface area (Å²) in [6.45, 7) is 0.0404. The van der Waals surface area contributed by atoms with Gasteiger partial charge in [-0.25, -0.2) is 13.8 Å². The monoisotopic (exact) mass is 421 g/mol. The lowest BCUT2D eigenvalue weighted by atomic mass is 9.93. The Morgan fingerprint density at radius 2 is 2.03 bits per heavy atom. The van der Waals surface area contributed by atoms with Crippen molar-refractivity contribution in [2.24, 2.45) is 0 Å². The van der Waals surface area contributed by atoms with Gasteiger partial charge in [0.2, 0.25) is 5.91 Å². The summed E-state index contributed by atoms with van der Waals surface area (Å²) in [6, 6.07) is 4.25. The molecule has 150 valence electrons. The molecule has 1 aliphatic heterocycles. The van der Waals surface area contributed by atoms with Gasteiger partial charge in [0.1, 0.15) is 28.6 Å². The van der Waals surface area contributed by atoms with Crippen LogP contribution in [0.5, 0.6) is 5.75 Å². The number of nitrogens with zero attached hydrogens (tertiary/aromatic N) is 3. The number of anilines is 1. The molecule has 8 nitrogen and oxygen atoms in total. The molecule has 11 heteroatoms. The lowest BCUT2D eigenvalue weighted by Gasteiger charge is -2.19. The molecule has 3 heterocycles. The molecule has 2 unspecified atom stereocenters. The van der Waals surface area contributed by atoms with Crippen molar-refractivity contribution < 1.29 is 22.7 Å². The van der Waals surface area contributed by atoms with E-state index in [-0.39, 0.29) is 29.8 Å². The summed E-state index contributed by atoms with van der Waals surface area (Å²) in [5.41, 5.74) is 0.290. The molecule has 1 aliphatic rings. The van der Waals surface area contributed by atoms with Crippen LogP contribution < -0.4 is 15.4 Å². The molecule has 0 aliphatic carbocycles. The minimum atomic E-state index is -1.01. The maximum atomic E-state index is 14.5. The van der Waals surface area contributed by atoms with E-state index in [1.165, 1.54) is 13.3 Å². The first-order valence-electron chi connectivity index (χ1n) is 8.49. The number of ether oxygens (including phenoxy) is 1. The molecule has 0 spiro atoms. The highest BCUT2D eigenvalue weighted by molar-refractivity contribution is 6.29. The summed E-state index contributed by atoms with van der Waals surface area (Å²) < 4.78 is 39.3. The van der Waals surface area contributed by atoms with Gasteiger partial charge < -0.3 is 19.8 Å². The summed E-state index contributed by atoms with van der Waals surface area (Å²) in [5.74, 6) is -2.71. The van der Waals surface area contributed by atoms with E-state index in [0.29, 0.717) is 10.7 Å². The van der Waals surface area contributed by atoms with Gasteiger partial charge in [0, 0.05) is 36.4 Å². The van der Waals surface area contributed by atoms with Crippen molar-refractivity contribution in [2.45, 2.75) is 12.0 Å². The summed E-state index contributed by atoms with van der Waals surface area (Å²) >= 11 is 5.75. The summed E-state index contributed by atoms with van der Waals surface area (Å²) in [6.07, 6.45) is 1.45. The fraction of sp³-hybridized carbons (Fsp3) is 0.222. The number of rotatable bonds is 5. The number of halogens is 3. The largest absolute Gasteiger partial charge is 0.497 e. The van der Waals surface area contributed by atoms with E-state index >= 15 is 0 Å². The van der Waals surface area contributed by atoms with E-state index in [1.54, 1.807) is 12.1 Å². The first-order chi connectivity index (χ1) is 14.0. The molecule has 4 rings (SSSR count). The second kappa shape index (κ2) is 7.63. The molecule has 2 atom stereocenters. The van der Waals surface area contributed by atoms with Crippen LogP contribution in [-0.2, 0) is 4.79 Å². The Kier molecular flexibility index (Phi) is 5.01. The molecule has 2 N–H and O–H groups in total. The molecule has 0 bridgehead atoms.